The Morgan fingerprint density at radius 2 is 1.71 bits per heavy atom. The zero-order chi connectivity index (χ0) is 24.7. The number of imidazole rings is 1. The lowest BCUT2D eigenvalue weighted by Crippen LogP contribution is -2.36. The maximum absolute atomic E-state index is 12.8. The van der Waals surface area contributed by atoms with Crippen molar-refractivity contribution in [2.75, 3.05) is 11.9 Å². The predicted molar refractivity (Wildman–Crippen MR) is 127 cm³/mol. The molecule has 1 aromatic heterocycles. The average molecular weight is 481 g/mol. The van der Waals surface area contributed by atoms with Gasteiger partial charge in [0.2, 0.25) is 5.91 Å². The van der Waals surface area contributed by atoms with E-state index in [-0.39, 0.29) is 21.8 Å². The van der Waals surface area contributed by atoms with Crippen molar-refractivity contribution in [3.05, 3.63) is 73.0 Å². The molecular formula is C22H19N5O6S. The van der Waals surface area contributed by atoms with Crippen LogP contribution in [0.1, 0.15) is 11.1 Å². The molecule has 0 atom stereocenters. The number of rotatable bonds is 5. The molecule has 174 valence electrons. The summed E-state index contributed by atoms with van der Waals surface area (Å²) in [5, 5.41) is 13.6. The summed E-state index contributed by atoms with van der Waals surface area (Å²) in [5.74, 6) is -1.29. The molecule has 1 N–H and O–H groups in total. The second-order valence-electron chi connectivity index (χ2n) is 7.74. The average Bonchev–Trinajstić information content (AvgIpc) is 3.17. The summed E-state index contributed by atoms with van der Waals surface area (Å²) in [4.78, 5) is 61.6. The minimum Gasteiger partial charge on any atom is -0.325 e. The lowest BCUT2D eigenvalue weighted by molar-refractivity contribution is -0.385. The summed E-state index contributed by atoms with van der Waals surface area (Å²) in [7, 11) is 3.03. The molecule has 1 aliphatic heterocycles. The third kappa shape index (κ3) is 4.10. The minimum atomic E-state index is -0.731. The number of carbonyl (C=O) groups is 3. The highest BCUT2D eigenvalue weighted by Crippen LogP contribution is 2.35. The van der Waals surface area contributed by atoms with Gasteiger partial charge >= 0.3 is 5.69 Å². The van der Waals surface area contributed by atoms with Crippen LogP contribution in [-0.4, -0.2) is 42.6 Å². The number of aryl methyl sites for hydroxylation is 3. The van der Waals surface area contributed by atoms with Crippen molar-refractivity contribution < 1.29 is 19.3 Å². The van der Waals surface area contributed by atoms with Crippen LogP contribution in [0.3, 0.4) is 0 Å². The zero-order valence-electron chi connectivity index (χ0n) is 18.4. The number of benzene rings is 2. The molecule has 0 aliphatic carbocycles. The molecular weight excluding hydrogens is 462 g/mol. The van der Waals surface area contributed by atoms with E-state index in [4.69, 9.17) is 0 Å². The van der Waals surface area contributed by atoms with Crippen molar-refractivity contribution in [3.63, 3.8) is 0 Å². The van der Waals surface area contributed by atoms with Crippen LogP contribution in [0.5, 0.6) is 0 Å². The Kier molecular flexibility index (Phi) is 5.83. The Balaban J connectivity index is 1.62. The van der Waals surface area contributed by atoms with Crippen LogP contribution in [-0.2, 0) is 23.7 Å². The normalized spacial score (nSPS) is 14.9. The molecule has 3 aromatic rings. The molecule has 0 saturated carbocycles. The summed E-state index contributed by atoms with van der Waals surface area (Å²) in [5.41, 5.74) is 1.71. The monoisotopic (exact) mass is 481 g/mol. The van der Waals surface area contributed by atoms with E-state index in [1.165, 1.54) is 41.4 Å². The maximum atomic E-state index is 12.8. The van der Waals surface area contributed by atoms with Crippen LogP contribution in [0.4, 0.5) is 16.2 Å². The van der Waals surface area contributed by atoms with Crippen LogP contribution in [0.15, 0.2) is 46.1 Å². The van der Waals surface area contributed by atoms with E-state index in [0.717, 1.165) is 10.5 Å². The van der Waals surface area contributed by atoms with Crippen LogP contribution >= 0.6 is 11.8 Å². The molecule has 0 bridgehead atoms. The number of thioether (sulfide) groups is 1. The van der Waals surface area contributed by atoms with Gasteiger partial charge in [0.25, 0.3) is 16.8 Å². The minimum absolute atomic E-state index is 0.0588. The molecule has 4 rings (SSSR count). The molecule has 3 amide bonds. The number of amides is 3. The number of aromatic nitrogens is 2. The highest BCUT2D eigenvalue weighted by molar-refractivity contribution is 8.18. The van der Waals surface area contributed by atoms with Crippen molar-refractivity contribution in [1.29, 1.82) is 0 Å². The van der Waals surface area contributed by atoms with Gasteiger partial charge in [-0.3, -0.25) is 38.5 Å². The Morgan fingerprint density at radius 3 is 2.32 bits per heavy atom. The maximum Gasteiger partial charge on any atom is 0.328 e. The molecule has 0 spiro atoms. The fourth-order valence-electron chi connectivity index (χ4n) is 3.58. The number of hydrogen-bond acceptors (Lipinski definition) is 7. The first-order chi connectivity index (χ1) is 16.1. The molecule has 12 heteroatoms. The predicted octanol–water partition coefficient (Wildman–Crippen LogP) is 2.77. The molecule has 2 heterocycles. The van der Waals surface area contributed by atoms with Crippen LogP contribution in [0.2, 0.25) is 0 Å². The Morgan fingerprint density at radius 1 is 1.09 bits per heavy atom. The second-order valence-corrected chi connectivity index (χ2v) is 8.73. The summed E-state index contributed by atoms with van der Waals surface area (Å²) in [6.45, 7) is 1.40. The van der Waals surface area contributed by atoms with Crippen LogP contribution in [0, 0.1) is 17.0 Å². The van der Waals surface area contributed by atoms with Gasteiger partial charge in [-0.2, -0.15) is 0 Å². The number of nitrogens with zero attached hydrogens (tertiary/aromatic N) is 4. The molecule has 1 saturated heterocycles. The van der Waals surface area contributed by atoms with Gasteiger partial charge in [0.15, 0.2) is 0 Å². The number of fused-ring (bicyclic) bond motifs is 1. The summed E-state index contributed by atoms with van der Waals surface area (Å²) >= 11 is 0.587. The van der Waals surface area contributed by atoms with Gasteiger partial charge in [-0.1, -0.05) is 17.7 Å². The highest BCUT2D eigenvalue weighted by atomic mass is 32.2. The van der Waals surface area contributed by atoms with Gasteiger partial charge in [-0.25, -0.2) is 4.79 Å². The first-order valence-electron chi connectivity index (χ1n) is 10.0. The van der Waals surface area contributed by atoms with E-state index in [1.807, 2.05) is 19.1 Å². The molecule has 34 heavy (non-hydrogen) atoms. The molecule has 1 aliphatic rings. The van der Waals surface area contributed by atoms with Crippen molar-refractivity contribution in [2.24, 2.45) is 14.1 Å². The molecule has 0 radical (unpaired) electrons. The standard InChI is InChI=1S/C22H19N5O6S/c1-12-4-6-14(7-5-12)23-19(28)11-26-20(29)18(34-22(26)31)9-13-8-16-17(10-15(13)27(32)33)25(3)21(30)24(16)2/h4-10H,11H2,1-3H3,(H,23,28)/b18-9-. The van der Waals surface area contributed by atoms with Gasteiger partial charge in [0.1, 0.15) is 6.54 Å². The molecule has 0 unspecified atom stereocenters. The fourth-order valence-corrected chi connectivity index (χ4v) is 4.41. The first kappa shape index (κ1) is 23.0. The van der Waals surface area contributed by atoms with Crippen molar-refractivity contribution in [2.45, 2.75) is 6.92 Å². The van der Waals surface area contributed by atoms with Gasteiger partial charge in [-0.05, 0) is 43.0 Å². The Labute approximate surface area is 196 Å². The highest BCUT2D eigenvalue weighted by Gasteiger charge is 2.37. The summed E-state index contributed by atoms with van der Waals surface area (Å²) in [6, 6.07) is 9.70. The molecule has 11 nitrogen and oxygen atoms in total. The SMILES string of the molecule is Cc1ccc(NC(=O)CN2C(=O)S/C(=C\c3cc4c(cc3[N+](=O)[O-])n(C)c(=O)n4C)C2=O)cc1. The Bertz CT molecular complexity index is 1470. The van der Waals surface area contributed by atoms with Gasteiger partial charge in [0.05, 0.1) is 26.4 Å². The van der Waals surface area contributed by atoms with Crippen molar-refractivity contribution in [1.82, 2.24) is 14.0 Å². The third-order valence-electron chi connectivity index (χ3n) is 5.41. The second kappa shape index (κ2) is 8.63. The summed E-state index contributed by atoms with van der Waals surface area (Å²) in [6.07, 6.45) is 1.23. The smallest absolute Gasteiger partial charge is 0.325 e. The first-order valence-corrected chi connectivity index (χ1v) is 10.8. The zero-order valence-corrected chi connectivity index (χ0v) is 19.2. The van der Waals surface area contributed by atoms with Gasteiger partial charge in [0, 0.05) is 25.8 Å². The van der Waals surface area contributed by atoms with Crippen molar-refractivity contribution in [3.8, 4) is 0 Å². The number of anilines is 1. The number of carbonyl (C=O) groups excluding carboxylic acids is 3. The van der Waals surface area contributed by atoms with E-state index in [1.54, 1.807) is 12.1 Å². The summed E-state index contributed by atoms with van der Waals surface area (Å²) < 4.78 is 2.62. The van der Waals surface area contributed by atoms with Gasteiger partial charge in [-0.15, -0.1) is 0 Å². The Hall–Kier alpha value is -4.19. The number of nitrogens with one attached hydrogen (secondary N) is 1. The van der Waals surface area contributed by atoms with Crippen molar-refractivity contribution >= 4 is 57.3 Å². The number of nitro groups is 1. The lowest BCUT2D eigenvalue weighted by atomic mass is 10.1. The largest absolute Gasteiger partial charge is 0.328 e. The van der Waals surface area contributed by atoms with Crippen LogP contribution < -0.4 is 11.0 Å². The van der Waals surface area contributed by atoms with Gasteiger partial charge < -0.3 is 5.32 Å². The van der Waals surface area contributed by atoms with Crippen LogP contribution in [0.25, 0.3) is 17.1 Å². The number of nitro benzene ring substituents is 1. The lowest BCUT2D eigenvalue weighted by Gasteiger charge is -2.12. The third-order valence-corrected chi connectivity index (χ3v) is 6.32. The quantitative estimate of drug-likeness (QED) is 0.336. The topological polar surface area (TPSA) is 137 Å². The van der Waals surface area contributed by atoms with E-state index in [2.05, 4.69) is 5.32 Å². The number of imide groups is 1. The van der Waals surface area contributed by atoms with E-state index in [0.29, 0.717) is 28.5 Å². The fraction of sp³-hybridized carbons (Fsp3) is 0.182. The van der Waals surface area contributed by atoms with E-state index in [9.17, 15) is 29.3 Å². The molecule has 1 fully saturated rings. The molecule has 2 aromatic carbocycles. The van der Waals surface area contributed by atoms with E-state index < -0.39 is 28.5 Å². The van der Waals surface area contributed by atoms with E-state index >= 15 is 0 Å². The number of hydrogen-bond donors (Lipinski definition) is 1.